The minimum atomic E-state index is -0.476. The number of aliphatic hydroxyl groups is 1. The van der Waals surface area contributed by atoms with Gasteiger partial charge in [-0.05, 0) is 33.3 Å². The number of hydrogen-bond acceptors (Lipinski definition) is 3. The van der Waals surface area contributed by atoms with Gasteiger partial charge in [-0.2, -0.15) is 0 Å². The van der Waals surface area contributed by atoms with Crippen LogP contribution in [0.15, 0.2) is 16.3 Å². The van der Waals surface area contributed by atoms with E-state index >= 15 is 0 Å². The van der Waals surface area contributed by atoms with E-state index in [0.29, 0.717) is 0 Å². The third-order valence-corrected chi connectivity index (χ3v) is 2.04. The van der Waals surface area contributed by atoms with Gasteiger partial charge in [-0.1, -0.05) is 0 Å². The van der Waals surface area contributed by atoms with E-state index in [1.54, 1.807) is 20.2 Å². The standard InChI is InChI=1S/C10H19NO2/c1-6-11-10(9(4)13-5)7(2)8(3)12/h6,8-9,12H,1-5H3/t8-,9-/m0/s1. The van der Waals surface area contributed by atoms with Crippen LogP contribution in [0.3, 0.4) is 0 Å². The van der Waals surface area contributed by atoms with Gasteiger partial charge in [0.25, 0.3) is 0 Å². The molecule has 1 N–H and O–H groups in total. The highest BCUT2D eigenvalue weighted by atomic mass is 16.5. The molecule has 0 saturated heterocycles. The third-order valence-electron chi connectivity index (χ3n) is 2.04. The molecule has 0 aliphatic heterocycles. The lowest BCUT2D eigenvalue weighted by Crippen LogP contribution is -2.14. The van der Waals surface area contributed by atoms with Gasteiger partial charge in [0, 0.05) is 13.3 Å². The summed E-state index contributed by atoms with van der Waals surface area (Å²) >= 11 is 0. The van der Waals surface area contributed by atoms with E-state index in [4.69, 9.17) is 4.74 Å². The number of hydrogen-bond donors (Lipinski definition) is 1. The van der Waals surface area contributed by atoms with Gasteiger partial charge in [0.05, 0.1) is 17.9 Å². The summed E-state index contributed by atoms with van der Waals surface area (Å²) in [5.41, 5.74) is 1.66. The zero-order valence-corrected chi connectivity index (χ0v) is 9.03. The zero-order chi connectivity index (χ0) is 10.4. The summed E-state index contributed by atoms with van der Waals surface area (Å²) in [6.07, 6.45) is 1.15. The molecule has 0 fully saturated rings. The van der Waals surface area contributed by atoms with Crippen molar-refractivity contribution in [2.75, 3.05) is 7.11 Å². The predicted octanol–water partition coefficient (Wildman–Crippen LogP) is 1.77. The fraction of sp³-hybridized carbons (Fsp3) is 0.700. The lowest BCUT2D eigenvalue weighted by atomic mass is 10.1. The first-order valence-corrected chi connectivity index (χ1v) is 4.44. The van der Waals surface area contributed by atoms with Crippen molar-refractivity contribution in [3.8, 4) is 0 Å². The minimum Gasteiger partial charge on any atom is -0.389 e. The average Bonchev–Trinajstić information content (AvgIpc) is 2.11. The van der Waals surface area contributed by atoms with Gasteiger partial charge in [0.1, 0.15) is 0 Å². The molecule has 3 nitrogen and oxygen atoms in total. The Kier molecular flexibility index (Phi) is 5.58. The normalized spacial score (nSPS) is 18.6. The molecule has 0 rings (SSSR count). The van der Waals surface area contributed by atoms with Crippen LogP contribution in [-0.2, 0) is 4.74 Å². The summed E-state index contributed by atoms with van der Waals surface area (Å²) < 4.78 is 5.15. The Hall–Kier alpha value is -0.670. The molecule has 76 valence electrons. The van der Waals surface area contributed by atoms with Crippen molar-refractivity contribution in [2.24, 2.45) is 4.99 Å². The fourth-order valence-corrected chi connectivity index (χ4v) is 0.992. The van der Waals surface area contributed by atoms with Crippen LogP contribution in [-0.4, -0.2) is 30.6 Å². The van der Waals surface area contributed by atoms with E-state index in [2.05, 4.69) is 4.99 Å². The van der Waals surface area contributed by atoms with Gasteiger partial charge in [0.15, 0.2) is 0 Å². The van der Waals surface area contributed by atoms with Crippen molar-refractivity contribution >= 4 is 6.21 Å². The average molecular weight is 185 g/mol. The Morgan fingerprint density at radius 2 is 2.00 bits per heavy atom. The number of aliphatic imine (C=N–C) groups is 1. The van der Waals surface area contributed by atoms with Crippen LogP contribution in [0.1, 0.15) is 27.7 Å². The second kappa shape index (κ2) is 5.89. The van der Waals surface area contributed by atoms with Crippen LogP contribution in [0, 0.1) is 0 Å². The first kappa shape index (κ1) is 12.3. The Labute approximate surface area is 80.1 Å². The lowest BCUT2D eigenvalue weighted by Gasteiger charge is -2.15. The van der Waals surface area contributed by atoms with E-state index in [1.807, 2.05) is 20.8 Å². The second-order valence-electron chi connectivity index (χ2n) is 3.01. The molecular formula is C10H19NO2. The Balaban J connectivity index is 4.87. The zero-order valence-electron chi connectivity index (χ0n) is 9.03. The summed E-state index contributed by atoms with van der Waals surface area (Å²) in [6, 6.07) is 0. The molecule has 3 heteroatoms. The second-order valence-corrected chi connectivity index (χ2v) is 3.01. The number of ether oxygens (including phenoxy) is 1. The smallest absolute Gasteiger partial charge is 0.0963 e. The van der Waals surface area contributed by atoms with Crippen molar-refractivity contribution in [1.82, 2.24) is 0 Å². The van der Waals surface area contributed by atoms with E-state index in [9.17, 15) is 5.11 Å². The van der Waals surface area contributed by atoms with Gasteiger partial charge in [-0.15, -0.1) is 0 Å². The van der Waals surface area contributed by atoms with Crippen LogP contribution in [0.2, 0.25) is 0 Å². The third kappa shape index (κ3) is 3.70. The fourth-order valence-electron chi connectivity index (χ4n) is 0.992. The molecule has 0 unspecified atom stereocenters. The molecule has 0 heterocycles. The van der Waals surface area contributed by atoms with Gasteiger partial charge >= 0.3 is 0 Å². The van der Waals surface area contributed by atoms with Gasteiger partial charge in [-0.3, -0.25) is 4.99 Å². The number of rotatable bonds is 4. The molecule has 0 bridgehead atoms. The Bertz CT molecular complexity index is 207. The SMILES string of the molecule is CC=NC(=C(C)[C@H](C)O)[C@H](C)OC. The Morgan fingerprint density at radius 3 is 2.31 bits per heavy atom. The number of aliphatic hydroxyl groups excluding tert-OH is 1. The van der Waals surface area contributed by atoms with Crippen molar-refractivity contribution in [1.29, 1.82) is 0 Å². The van der Waals surface area contributed by atoms with Crippen LogP contribution < -0.4 is 0 Å². The van der Waals surface area contributed by atoms with Crippen molar-refractivity contribution in [2.45, 2.75) is 39.9 Å². The summed E-state index contributed by atoms with van der Waals surface area (Å²) in [5, 5.41) is 9.38. The highest BCUT2D eigenvalue weighted by Crippen LogP contribution is 2.15. The van der Waals surface area contributed by atoms with Crippen LogP contribution in [0.4, 0.5) is 0 Å². The van der Waals surface area contributed by atoms with Crippen molar-refractivity contribution < 1.29 is 9.84 Å². The van der Waals surface area contributed by atoms with Crippen LogP contribution in [0.5, 0.6) is 0 Å². The highest BCUT2D eigenvalue weighted by molar-refractivity contribution is 5.55. The largest absolute Gasteiger partial charge is 0.389 e. The first-order chi connectivity index (χ1) is 6.04. The minimum absolute atomic E-state index is 0.0780. The van der Waals surface area contributed by atoms with Gasteiger partial charge in [-0.25, -0.2) is 0 Å². The predicted molar refractivity (Wildman–Crippen MR) is 55.0 cm³/mol. The monoisotopic (exact) mass is 185 g/mol. The molecule has 0 saturated carbocycles. The topological polar surface area (TPSA) is 41.8 Å². The van der Waals surface area contributed by atoms with E-state index < -0.39 is 6.10 Å². The van der Waals surface area contributed by atoms with Gasteiger partial charge in [0.2, 0.25) is 0 Å². The maximum atomic E-state index is 9.38. The Morgan fingerprint density at radius 1 is 1.46 bits per heavy atom. The molecule has 0 aliphatic rings. The molecule has 0 radical (unpaired) electrons. The summed E-state index contributed by atoms with van der Waals surface area (Å²) in [7, 11) is 1.63. The first-order valence-electron chi connectivity index (χ1n) is 4.44. The highest BCUT2D eigenvalue weighted by Gasteiger charge is 2.12. The van der Waals surface area contributed by atoms with Crippen LogP contribution in [0.25, 0.3) is 0 Å². The van der Waals surface area contributed by atoms with E-state index in [1.165, 1.54) is 0 Å². The molecule has 0 amide bonds. The molecule has 0 aromatic rings. The molecule has 2 atom stereocenters. The van der Waals surface area contributed by atoms with Crippen LogP contribution >= 0.6 is 0 Å². The number of nitrogens with zero attached hydrogens (tertiary/aromatic N) is 1. The quantitative estimate of drug-likeness (QED) is 0.678. The van der Waals surface area contributed by atoms with Gasteiger partial charge < -0.3 is 9.84 Å². The van der Waals surface area contributed by atoms with E-state index in [-0.39, 0.29) is 6.10 Å². The number of methoxy groups -OCH3 is 1. The molecule has 0 aromatic carbocycles. The van der Waals surface area contributed by atoms with Crippen molar-refractivity contribution in [3.63, 3.8) is 0 Å². The van der Waals surface area contributed by atoms with Crippen molar-refractivity contribution in [3.05, 3.63) is 11.3 Å². The summed E-state index contributed by atoms with van der Waals surface area (Å²) in [4.78, 5) is 4.19. The molecule has 13 heavy (non-hydrogen) atoms. The molecular weight excluding hydrogens is 166 g/mol. The molecule has 0 aliphatic carbocycles. The molecule has 0 spiro atoms. The van der Waals surface area contributed by atoms with E-state index in [0.717, 1.165) is 11.3 Å². The molecule has 0 aromatic heterocycles. The lowest BCUT2D eigenvalue weighted by molar-refractivity contribution is 0.141. The summed E-state index contributed by atoms with van der Waals surface area (Å²) in [6.45, 7) is 7.34. The maximum Gasteiger partial charge on any atom is 0.0963 e. The maximum absolute atomic E-state index is 9.38. The summed E-state index contributed by atoms with van der Waals surface area (Å²) in [5.74, 6) is 0.